The smallest absolute Gasteiger partial charge is 0.142 e. The van der Waals surface area contributed by atoms with Crippen molar-refractivity contribution in [3.63, 3.8) is 0 Å². The molecule has 1 saturated carbocycles. The van der Waals surface area contributed by atoms with Gasteiger partial charge in [-0.2, -0.15) is 5.26 Å². The quantitative estimate of drug-likeness (QED) is 0.866. The van der Waals surface area contributed by atoms with E-state index >= 15 is 0 Å². The second-order valence-electron chi connectivity index (χ2n) is 6.99. The Morgan fingerprint density at radius 2 is 2.00 bits per heavy atom. The molecule has 1 saturated heterocycles. The molecule has 5 heteroatoms. The molecular formula is C19H23N5. The Morgan fingerprint density at radius 1 is 1.17 bits per heavy atom. The first-order valence-electron chi connectivity index (χ1n) is 8.96. The topological polar surface area (TPSA) is 57.7 Å². The van der Waals surface area contributed by atoms with Gasteiger partial charge in [-0.3, -0.25) is 0 Å². The summed E-state index contributed by atoms with van der Waals surface area (Å²) in [5, 5.41) is 9.01. The molecule has 124 valence electrons. The number of imidazole rings is 1. The summed E-state index contributed by atoms with van der Waals surface area (Å²) < 4.78 is 2.39. The van der Waals surface area contributed by atoms with Crippen LogP contribution in [0.2, 0.25) is 0 Å². The van der Waals surface area contributed by atoms with Gasteiger partial charge in [0, 0.05) is 37.9 Å². The number of nitrogens with zero attached hydrogens (tertiary/aromatic N) is 5. The van der Waals surface area contributed by atoms with Gasteiger partial charge >= 0.3 is 0 Å². The molecule has 2 aromatic heterocycles. The van der Waals surface area contributed by atoms with Crippen molar-refractivity contribution < 1.29 is 0 Å². The highest BCUT2D eigenvalue weighted by molar-refractivity contribution is 5.42. The summed E-state index contributed by atoms with van der Waals surface area (Å²) in [5.74, 6) is 3.58. The van der Waals surface area contributed by atoms with Gasteiger partial charge in [0.1, 0.15) is 23.4 Å². The molecule has 4 rings (SSSR count). The van der Waals surface area contributed by atoms with E-state index in [-0.39, 0.29) is 0 Å². The van der Waals surface area contributed by atoms with Crippen LogP contribution in [-0.2, 0) is 6.54 Å². The number of hydrogen-bond acceptors (Lipinski definition) is 4. The third kappa shape index (κ3) is 3.01. The molecule has 0 spiro atoms. The van der Waals surface area contributed by atoms with E-state index in [4.69, 9.17) is 5.26 Å². The van der Waals surface area contributed by atoms with E-state index in [0.29, 0.717) is 11.6 Å². The van der Waals surface area contributed by atoms with Gasteiger partial charge in [-0.25, -0.2) is 9.97 Å². The van der Waals surface area contributed by atoms with Gasteiger partial charge in [-0.05, 0) is 43.7 Å². The molecule has 5 nitrogen and oxygen atoms in total. The van der Waals surface area contributed by atoms with E-state index in [2.05, 4.69) is 31.7 Å². The van der Waals surface area contributed by atoms with E-state index in [1.807, 2.05) is 18.3 Å². The molecule has 0 bridgehead atoms. The summed E-state index contributed by atoms with van der Waals surface area (Å²) >= 11 is 0. The van der Waals surface area contributed by atoms with Crippen molar-refractivity contribution in [1.82, 2.24) is 14.5 Å². The van der Waals surface area contributed by atoms with E-state index < -0.39 is 0 Å². The van der Waals surface area contributed by atoms with E-state index in [1.165, 1.54) is 25.1 Å². The molecule has 0 radical (unpaired) electrons. The first-order chi connectivity index (χ1) is 11.8. The lowest BCUT2D eigenvalue weighted by atomic mass is 9.85. The maximum Gasteiger partial charge on any atom is 0.142 e. The monoisotopic (exact) mass is 321 g/mol. The molecule has 0 unspecified atom stereocenters. The van der Waals surface area contributed by atoms with Crippen LogP contribution in [0.5, 0.6) is 0 Å². The molecule has 24 heavy (non-hydrogen) atoms. The third-order valence-corrected chi connectivity index (χ3v) is 5.46. The third-order valence-electron chi connectivity index (χ3n) is 5.46. The Balaban J connectivity index is 1.41. The lowest BCUT2D eigenvalue weighted by Crippen LogP contribution is -2.34. The van der Waals surface area contributed by atoms with Gasteiger partial charge in [0.15, 0.2) is 0 Å². The maximum atomic E-state index is 9.01. The molecule has 2 fully saturated rings. The minimum atomic E-state index is 0.491. The Bertz CT molecular complexity index is 732. The van der Waals surface area contributed by atoms with Crippen LogP contribution in [0.25, 0.3) is 0 Å². The normalized spacial score (nSPS) is 19.0. The van der Waals surface area contributed by atoms with Crippen LogP contribution < -0.4 is 4.90 Å². The summed E-state index contributed by atoms with van der Waals surface area (Å²) in [6, 6.07) is 7.79. The van der Waals surface area contributed by atoms with Crippen molar-refractivity contribution in [3.8, 4) is 6.07 Å². The van der Waals surface area contributed by atoms with Gasteiger partial charge in [-0.15, -0.1) is 0 Å². The maximum absolute atomic E-state index is 9.01. The number of rotatable bonds is 4. The van der Waals surface area contributed by atoms with E-state index in [9.17, 15) is 0 Å². The molecule has 1 aliphatic heterocycles. The van der Waals surface area contributed by atoms with Crippen molar-refractivity contribution in [2.75, 3.05) is 18.0 Å². The Morgan fingerprint density at radius 3 is 2.71 bits per heavy atom. The fourth-order valence-electron chi connectivity index (χ4n) is 3.82. The highest BCUT2D eigenvalue weighted by atomic mass is 15.2. The summed E-state index contributed by atoms with van der Waals surface area (Å²) in [6.07, 6.45) is 10.4. The van der Waals surface area contributed by atoms with Gasteiger partial charge in [0.2, 0.25) is 0 Å². The zero-order valence-electron chi connectivity index (χ0n) is 13.9. The summed E-state index contributed by atoms with van der Waals surface area (Å²) in [7, 11) is 0. The van der Waals surface area contributed by atoms with Crippen molar-refractivity contribution >= 4 is 5.82 Å². The lowest BCUT2D eigenvalue weighted by Gasteiger charge is -2.33. The lowest BCUT2D eigenvalue weighted by molar-refractivity contribution is 0.270. The van der Waals surface area contributed by atoms with Crippen molar-refractivity contribution in [3.05, 3.63) is 42.1 Å². The van der Waals surface area contributed by atoms with Crippen molar-refractivity contribution in [1.29, 1.82) is 5.26 Å². The van der Waals surface area contributed by atoms with Crippen LogP contribution in [0.4, 0.5) is 5.82 Å². The second kappa shape index (κ2) is 6.64. The molecule has 0 atom stereocenters. The number of anilines is 1. The Hall–Kier alpha value is -2.35. The number of nitriles is 1. The van der Waals surface area contributed by atoms with E-state index in [1.54, 1.807) is 6.07 Å². The Labute approximate surface area is 143 Å². The largest absolute Gasteiger partial charge is 0.357 e. The zero-order chi connectivity index (χ0) is 16.4. The van der Waals surface area contributed by atoms with E-state index in [0.717, 1.165) is 44.2 Å². The van der Waals surface area contributed by atoms with Crippen LogP contribution in [0.1, 0.15) is 49.5 Å². The summed E-state index contributed by atoms with van der Waals surface area (Å²) in [5.41, 5.74) is 0.491. The van der Waals surface area contributed by atoms with Crippen molar-refractivity contribution in [2.24, 2.45) is 5.92 Å². The average molecular weight is 321 g/mol. The number of pyridine rings is 1. The first kappa shape index (κ1) is 15.2. The molecule has 3 heterocycles. The summed E-state index contributed by atoms with van der Waals surface area (Å²) in [6.45, 7) is 3.09. The van der Waals surface area contributed by atoms with Gasteiger partial charge in [0.05, 0.1) is 0 Å². The zero-order valence-corrected chi connectivity index (χ0v) is 13.9. The average Bonchev–Trinajstić information content (AvgIpc) is 3.07. The van der Waals surface area contributed by atoms with Crippen molar-refractivity contribution in [2.45, 2.75) is 44.6 Å². The van der Waals surface area contributed by atoms with Crippen LogP contribution >= 0.6 is 0 Å². The highest BCUT2D eigenvalue weighted by Gasteiger charge is 2.26. The summed E-state index contributed by atoms with van der Waals surface area (Å²) in [4.78, 5) is 11.4. The number of aromatic nitrogens is 3. The predicted molar refractivity (Wildman–Crippen MR) is 92.7 cm³/mol. The molecule has 0 N–H and O–H groups in total. The highest BCUT2D eigenvalue weighted by Crippen LogP contribution is 2.32. The number of hydrogen-bond donors (Lipinski definition) is 0. The molecule has 2 aliphatic rings. The molecule has 0 aromatic carbocycles. The minimum absolute atomic E-state index is 0.491. The standard InChI is InChI=1S/C19H23N5/c20-13-17-5-2-6-18(22-17)23-10-7-16(8-11-23)19-21-9-12-24(19)14-15-3-1-4-15/h2,5-6,9,12,15-16H,1,3-4,7-8,10-11,14H2. The molecule has 0 amide bonds. The second-order valence-corrected chi connectivity index (χ2v) is 6.99. The first-order valence-corrected chi connectivity index (χ1v) is 8.96. The molecular weight excluding hydrogens is 298 g/mol. The van der Waals surface area contributed by atoms with Gasteiger partial charge in [-0.1, -0.05) is 12.5 Å². The van der Waals surface area contributed by atoms with Crippen LogP contribution in [0.15, 0.2) is 30.6 Å². The van der Waals surface area contributed by atoms with Gasteiger partial charge in [0.25, 0.3) is 0 Å². The fraction of sp³-hybridized carbons (Fsp3) is 0.526. The fourth-order valence-corrected chi connectivity index (χ4v) is 3.82. The number of piperidine rings is 1. The Kier molecular flexibility index (Phi) is 4.20. The molecule has 1 aliphatic carbocycles. The van der Waals surface area contributed by atoms with Crippen LogP contribution in [-0.4, -0.2) is 27.6 Å². The van der Waals surface area contributed by atoms with Gasteiger partial charge < -0.3 is 9.47 Å². The van der Waals surface area contributed by atoms with Crippen LogP contribution in [0, 0.1) is 17.2 Å². The minimum Gasteiger partial charge on any atom is -0.357 e. The SMILES string of the molecule is N#Cc1cccc(N2CCC(c3nccn3CC3CCC3)CC2)n1. The molecule has 2 aromatic rings. The van der Waals surface area contributed by atoms with Crippen LogP contribution in [0.3, 0.4) is 0 Å². The predicted octanol–water partition coefficient (Wildman–Crippen LogP) is 3.33.